The summed E-state index contributed by atoms with van der Waals surface area (Å²) < 4.78 is 0. The van der Waals surface area contributed by atoms with Gasteiger partial charge < -0.3 is 10.7 Å². The SMILES string of the molecule is NC(=O)c1c[nH]c(=O)cc1-c1ccccc1. The van der Waals surface area contributed by atoms with Gasteiger partial charge in [-0.25, -0.2) is 0 Å². The second-order valence-corrected chi connectivity index (χ2v) is 3.35. The first-order valence-corrected chi connectivity index (χ1v) is 4.76. The van der Waals surface area contributed by atoms with Crippen molar-refractivity contribution < 1.29 is 4.79 Å². The molecule has 1 aromatic heterocycles. The number of pyridine rings is 1. The molecular formula is C12H10N2O2. The molecule has 3 N–H and O–H groups in total. The van der Waals surface area contributed by atoms with E-state index < -0.39 is 5.91 Å². The second-order valence-electron chi connectivity index (χ2n) is 3.35. The van der Waals surface area contributed by atoms with Crippen molar-refractivity contribution in [3.05, 3.63) is 58.5 Å². The van der Waals surface area contributed by atoms with E-state index in [4.69, 9.17) is 5.73 Å². The lowest BCUT2D eigenvalue weighted by molar-refractivity contribution is 0.100. The highest BCUT2D eigenvalue weighted by molar-refractivity contribution is 5.99. The van der Waals surface area contributed by atoms with E-state index in [9.17, 15) is 9.59 Å². The van der Waals surface area contributed by atoms with Gasteiger partial charge in [-0.3, -0.25) is 9.59 Å². The van der Waals surface area contributed by atoms with E-state index in [1.54, 1.807) is 0 Å². The lowest BCUT2D eigenvalue weighted by atomic mass is 10.0. The zero-order chi connectivity index (χ0) is 11.5. The van der Waals surface area contributed by atoms with E-state index in [2.05, 4.69) is 4.98 Å². The van der Waals surface area contributed by atoms with Crippen LogP contribution in [0.5, 0.6) is 0 Å². The number of aromatic nitrogens is 1. The molecule has 0 spiro atoms. The summed E-state index contributed by atoms with van der Waals surface area (Å²) in [5, 5.41) is 0. The van der Waals surface area contributed by atoms with Gasteiger partial charge in [0.1, 0.15) is 0 Å². The second kappa shape index (κ2) is 4.02. The Balaban J connectivity index is 2.68. The van der Waals surface area contributed by atoms with Crippen molar-refractivity contribution in [2.24, 2.45) is 5.73 Å². The van der Waals surface area contributed by atoms with Crippen LogP contribution >= 0.6 is 0 Å². The molecule has 0 saturated carbocycles. The van der Waals surface area contributed by atoms with Gasteiger partial charge in [-0.05, 0) is 5.56 Å². The molecule has 0 radical (unpaired) electrons. The van der Waals surface area contributed by atoms with E-state index in [1.165, 1.54) is 12.3 Å². The highest BCUT2D eigenvalue weighted by atomic mass is 16.1. The molecule has 0 aliphatic carbocycles. The summed E-state index contributed by atoms with van der Waals surface area (Å²) in [6.07, 6.45) is 1.34. The normalized spacial score (nSPS) is 10.0. The van der Waals surface area contributed by atoms with Crippen LogP contribution in [0.4, 0.5) is 0 Å². The van der Waals surface area contributed by atoms with Crippen LogP contribution in [-0.4, -0.2) is 10.9 Å². The van der Waals surface area contributed by atoms with Crippen LogP contribution in [0.25, 0.3) is 11.1 Å². The van der Waals surface area contributed by atoms with Gasteiger partial charge in [0, 0.05) is 17.8 Å². The van der Waals surface area contributed by atoms with Crippen molar-refractivity contribution in [1.29, 1.82) is 0 Å². The topological polar surface area (TPSA) is 76.0 Å². The summed E-state index contributed by atoms with van der Waals surface area (Å²) >= 11 is 0. The Kier molecular flexibility index (Phi) is 2.55. The third-order valence-electron chi connectivity index (χ3n) is 2.27. The zero-order valence-electron chi connectivity index (χ0n) is 8.44. The highest BCUT2D eigenvalue weighted by Gasteiger charge is 2.10. The first-order valence-electron chi connectivity index (χ1n) is 4.76. The minimum atomic E-state index is -0.560. The van der Waals surface area contributed by atoms with Gasteiger partial charge in [0.2, 0.25) is 5.56 Å². The molecule has 0 atom stereocenters. The number of nitrogens with two attached hydrogens (primary N) is 1. The van der Waals surface area contributed by atoms with Crippen LogP contribution in [0.1, 0.15) is 10.4 Å². The van der Waals surface area contributed by atoms with Gasteiger partial charge in [0.15, 0.2) is 0 Å². The minimum Gasteiger partial charge on any atom is -0.366 e. The van der Waals surface area contributed by atoms with Crippen LogP contribution in [0, 0.1) is 0 Å². The number of primary amides is 1. The average molecular weight is 214 g/mol. The third kappa shape index (κ3) is 1.86. The van der Waals surface area contributed by atoms with Crippen molar-refractivity contribution in [2.45, 2.75) is 0 Å². The number of carbonyl (C=O) groups excluding carboxylic acids is 1. The molecular weight excluding hydrogens is 204 g/mol. The molecule has 1 heterocycles. The summed E-state index contributed by atoms with van der Waals surface area (Å²) in [6, 6.07) is 10.5. The van der Waals surface area contributed by atoms with Crippen molar-refractivity contribution in [2.75, 3.05) is 0 Å². The number of amides is 1. The quantitative estimate of drug-likeness (QED) is 0.786. The van der Waals surface area contributed by atoms with Crippen molar-refractivity contribution in [1.82, 2.24) is 4.98 Å². The summed E-state index contributed by atoms with van der Waals surface area (Å²) in [6.45, 7) is 0. The molecule has 80 valence electrons. The molecule has 1 amide bonds. The average Bonchev–Trinajstić information content (AvgIpc) is 2.29. The fourth-order valence-electron chi connectivity index (χ4n) is 1.53. The number of aromatic amines is 1. The molecule has 0 aliphatic heterocycles. The maximum Gasteiger partial charge on any atom is 0.250 e. The van der Waals surface area contributed by atoms with Crippen molar-refractivity contribution >= 4 is 5.91 Å². The molecule has 16 heavy (non-hydrogen) atoms. The first kappa shape index (κ1) is 10.2. The summed E-state index contributed by atoms with van der Waals surface area (Å²) in [4.78, 5) is 24.9. The fourth-order valence-corrected chi connectivity index (χ4v) is 1.53. The molecule has 0 fully saturated rings. The van der Waals surface area contributed by atoms with Crippen LogP contribution < -0.4 is 11.3 Å². The molecule has 0 bridgehead atoms. The van der Waals surface area contributed by atoms with Crippen molar-refractivity contribution in [3.8, 4) is 11.1 Å². The Morgan fingerprint density at radius 1 is 1.19 bits per heavy atom. The smallest absolute Gasteiger partial charge is 0.250 e. The van der Waals surface area contributed by atoms with Crippen molar-refractivity contribution in [3.63, 3.8) is 0 Å². The minimum absolute atomic E-state index is 0.260. The van der Waals surface area contributed by atoms with Crippen LogP contribution in [0.3, 0.4) is 0 Å². The molecule has 1 aromatic carbocycles. The Bertz CT molecular complexity index is 573. The summed E-state index contributed by atoms with van der Waals surface area (Å²) in [5.74, 6) is -0.560. The molecule has 4 nitrogen and oxygen atoms in total. The molecule has 0 aliphatic rings. The maximum absolute atomic E-state index is 11.2. The highest BCUT2D eigenvalue weighted by Crippen LogP contribution is 2.20. The summed E-state index contributed by atoms with van der Waals surface area (Å²) in [5.41, 5.74) is 6.64. The maximum atomic E-state index is 11.2. The predicted molar refractivity (Wildman–Crippen MR) is 61.0 cm³/mol. The first-order chi connectivity index (χ1) is 7.68. The van der Waals surface area contributed by atoms with Crippen LogP contribution in [0.15, 0.2) is 47.4 Å². The predicted octanol–water partition coefficient (Wildman–Crippen LogP) is 1.14. The van der Waals surface area contributed by atoms with E-state index in [0.717, 1.165) is 5.56 Å². The van der Waals surface area contributed by atoms with Crippen LogP contribution in [0.2, 0.25) is 0 Å². The van der Waals surface area contributed by atoms with E-state index in [1.807, 2.05) is 30.3 Å². The molecule has 2 aromatic rings. The standard InChI is InChI=1S/C12H10N2O2/c13-12(16)10-7-14-11(15)6-9(10)8-4-2-1-3-5-8/h1-7H,(H2,13,16)(H,14,15). The number of carbonyl (C=O) groups is 1. The van der Waals surface area contributed by atoms with E-state index in [-0.39, 0.29) is 5.56 Å². The monoisotopic (exact) mass is 214 g/mol. The lowest BCUT2D eigenvalue weighted by Gasteiger charge is -2.05. The van der Waals surface area contributed by atoms with Crippen LogP contribution in [-0.2, 0) is 0 Å². The third-order valence-corrected chi connectivity index (χ3v) is 2.27. The number of nitrogens with one attached hydrogen (secondary N) is 1. The molecule has 0 unspecified atom stereocenters. The fraction of sp³-hybridized carbons (Fsp3) is 0. The van der Waals surface area contributed by atoms with E-state index in [0.29, 0.717) is 11.1 Å². The Morgan fingerprint density at radius 2 is 1.88 bits per heavy atom. The number of hydrogen-bond donors (Lipinski definition) is 2. The van der Waals surface area contributed by atoms with Gasteiger partial charge >= 0.3 is 0 Å². The van der Waals surface area contributed by atoms with Gasteiger partial charge in [0.05, 0.1) is 5.56 Å². The van der Waals surface area contributed by atoms with E-state index >= 15 is 0 Å². The van der Waals surface area contributed by atoms with Gasteiger partial charge in [0.25, 0.3) is 5.91 Å². The number of hydrogen-bond acceptors (Lipinski definition) is 2. The number of H-pyrrole nitrogens is 1. The number of rotatable bonds is 2. The Morgan fingerprint density at radius 3 is 2.50 bits per heavy atom. The zero-order valence-corrected chi connectivity index (χ0v) is 8.44. The Hall–Kier alpha value is -2.36. The van der Waals surface area contributed by atoms with Gasteiger partial charge in [-0.2, -0.15) is 0 Å². The molecule has 2 rings (SSSR count). The molecule has 4 heteroatoms. The molecule has 0 saturated heterocycles. The summed E-state index contributed by atoms with van der Waals surface area (Å²) in [7, 11) is 0. The largest absolute Gasteiger partial charge is 0.366 e. The lowest BCUT2D eigenvalue weighted by Crippen LogP contribution is -2.16. The Labute approximate surface area is 91.7 Å². The number of benzene rings is 1. The van der Waals surface area contributed by atoms with Gasteiger partial charge in [-0.15, -0.1) is 0 Å². The van der Waals surface area contributed by atoms with Gasteiger partial charge in [-0.1, -0.05) is 30.3 Å².